The van der Waals surface area contributed by atoms with Crippen molar-refractivity contribution in [2.75, 3.05) is 0 Å². The van der Waals surface area contributed by atoms with Gasteiger partial charge in [-0.1, -0.05) is 18.2 Å². The highest BCUT2D eigenvalue weighted by molar-refractivity contribution is 5.85. The molecule has 1 N–H and O–H groups in total. The maximum atomic E-state index is 10.4. The molecule has 1 aromatic carbocycles. The molecular formula is C15H12N2O2. The Bertz CT molecular complexity index is 619. The van der Waals surface area contributed by atoms with Gasteiger partial charge < -0.3 is 5.11 Å². The van der Waals surface area contributed by atoms with E-state index in [1.165, 1.54) is 6.08 Å². The number of rotatable bonds is 4. The zero-order valence-corrected chi connectivity index (χ0v) is 10.1. The lowest BCUT2D eigenvalue weighted by Crippen LogP contribution is -1.85. The third kappa shape index (κ3) is 4.20. The molecule has 0 unspecified atom stereocenters. The summed E-state index contributed by atoms with van der Waals surface area (Å²) in [4.78, 5) is 18.8. The van der Waals surface area contributed by atoms with Crippen LogP contribution >= 0.6 is 0 Å². The molecule has 2 rings (SSSR count). The molecule has 0 aliphatic rings. The number of pyridine rings is 1. The molecule has 0 bridgehead atoms. The molecule has 0 saturated carbocycles. The number of carboxylic acids is 1. The SMILES string of the molecule is O=C(O)C=Cc1cccc(N=Cc2cccnc2)c1. The van der Waals surface area contributed by atoms with E-state index in [9.17, 15) is 4.79 Å². The number of carbonyl (C=O) groups is 1. The predicted octanol–water partition coefficient (Wildman–Crippen LogP) is 2.93. The molecule has 94 valence electrons. The Morgan fingerprint density at radius 3 is 2.79 bits per heavy atom. The third-order valence-corrected chi connectivity index (χ3v) is 2.34. The Morgan fingerprint density at radius 1 is 1.21 bits per heavy atom. The van der Waals surface area contributed by atoms with Crippen LogP contribution in [0.25, 0.3) is 6.08 Å². The molecule has 1 heterocycles. The van der Waals surface area contributed by atoms with E-state index in [1.807, 2.05) is 36.4 Å². The smallest absolute Gasteiger partial charge is 0.328 e. The fourth-order valence-electron chi connectivity index (χ4n) is 1.48. The number of nitrogens with zero attached hydrogens (tertiary/aromatic N) is 2. The zero-order valence-electron chi connectivity index (χ0n) is 10.1. The summed E-state index contributed by atoms with van der Waals surface area (Å²) in [5.74, 6) is -0.968. The molecule has 1 aromatic heterocycles. The molecule has 0 spiro atoms. The summed E-state index contributed by atoms with van der Waals surface area (Å²) in [6.07, 6.45) is 7.77. The molecule has 0 amide bonds. The summed E-state index contributed by atoms with van der Waals surface area (Å²) in [5, 5.41) is 8.57. The molecule has 19 heavy (non-hydrogen) atoms. The van der Waals surface area contributed by atoms with Gasteiger partial charge in [-0.25, -0.2) is 4.79 Å². The van der Waals surface area contributed by atoms with Gasteiger partial charge in [0, 0.05) is 30.2 Å². The lowest BCUT2D eigenvalue weighted by molar-refractivity contribution is -0.131. The standard InChI is InChI=1S/C15H12N2O2/c18-15(19)7-6-12-3-1-5-14(9-12)17-11-13-4-2-8-16-10-13/h1-11H,(H,18,19). The number of aliphatic carboxylic acids is 1. The van der Waals surface area contributed by atoms with Crippen LogP contribution in [0.15, 0.2) is 59.9 Å². The van der Waals surface area contributed by atoms with E-state index in [0.717, 1.165) is 22.9 Å². The Labute approximate surface area is 110 Å². The maximum absolute atomic E-state index is 10.4. The molecule has 0 aliphatic carbocycles. The van der Waals surface area contributed by atoms with Crippen molar-refractivity contribution in [2.24, 2.45) is 4.99 Å². The number of carboxylic acid groups (broad SMARTS) is 1. The van der Waals surface area contributed by atoms with Crippen molar-refractivity contribution in [1.82, 2.24) is 4.98 Å². The number of aromatic nitrogens is 1. The van der Waals surface area contributed by atoms with Gasteiger partial charge in [-0.3, -0.25) is 9.98 Å². The topological polar surface area (TPSA) is 62.5 Å². The Balaban J connectivity index is 2.15. The highest BCUT2D eigenvalue weighted by Gasteiger charge is 1.93. The first-order chi connectivity index (χ1) is 9.24. The number of aliphatic imine (C=N–C) groups is 1. The van der Waals surface area contributed by atoms with Gasteiger partial charge in [-0.2, -0.15) is 0 Å². The number of benzene rings is 1. The van der Waals surface area contributed by atoms with Crippen molar-refractivity contribution >= 4 is 23.9 Å². The molecular weight excluding hydrogens is 240 g/mol. The van der Waals surface area contributed by atoms with Gasteiger partial charge in [-0.15, -0.1) is 0 Å². The van der Waals surface area contributed by atoms with Gasteiger partial charge in [0.05, 0.1) is 5.69 Å². The van der Waals surface area contributed by atoms with Gasteiger partial charge in [-0.05, 0) is 29.8 Å². The Morgan fingerprint density at radius 2 is 2.05 bits per heavy atom. The first-order valence-corrected chi connectivity index (χ1v) is 5.69. The van der Waals surface area contributed by atoms with Crippen LogP contribution in [0.4, 0.5) is 5.69 Å². The monoisotopic (exact) mass is 252 g/mol. The normalized spacial score (nSPS) is 11.2. The minimum atomic E-state index is -0.968. The Hall–Kier alpha value is -2.75. The average molecular weight is 252 g/mol. The maximum Gasteiger partial charge on any atom is 0.328 e. The predicted molar refractivity (Wildman–Crippen MR) is 74.6 cm³/mol. The lowest BCUT2D eigenvalue weighted by atomic mass is 10.2. The molecule has 0 atom stereocenters. The minimum absolute atomic E-state index is 0.761. The van der Waals surface area contributed by atoms with Crippen molar-refractivity contribution in [3.05, 3.63) is 66.0 Å². The summed E-state index contributed by atoms with van der Waals surface area (Å²) in [6, 6.07) is 11.1. The largest absolute Gasteiger partial charge is 0.478 e. The van der Waals surface area contributed by atoms with Crippen LogP contribution in [0.3, 0.4) is 0 Å². The van der Waals surface area contributed by atoms with E-state index >= 15 is 0 Å². The van der Waals surface area contributed by atoms with Crippen LogP contribution in [-0.4, -0.2) is 22.3 Å². The molecule has 0 saturated heterocycles. The van der Waals surface area contributed by atoms with Crippen molar-refractivity contribution < 1.29 is 9.90 Å². The minimum Gasteiger partial charge on any atom is -0.478 e. The van der Waals surface area contributed by atoms with Crippen LogP contribution < -0.4 is 0 Å². The Kier molecular flexibility index (Phi) is 4.18. The molecule has 0 aliphatic heterocycles. The fraction of sp³-hybridized carbons (Fsp3) is 0. The quantitative estimate of drug-likeness (QED) is 0.672. The van der Waals surface area contributed by atoms with Crippen molar-refractivity contribution in [2.45, 2.75) is 0 Å². The summed E-state index contributed by atoms with van der Waals surface area (Å²) < 4.78 is 0. The zero-order chi connectivity index (χ0) is 13.5. The van der Waals surface area contributed by atoms with Gasteiger partial charge in [0.1, 0.15) is 0 Å². The first-order valence-electron chi connectivity index (χ1n) is 5.69. The van der Waals surface area contributed by atoms with Crippen molar-refractivity contribution in [3.63, 3.8) is 0 Å². The second-order valence-corrected chi connectivity index (χ2v) is 3.81. The van der Waals surface area contributed by atoms with E-state index in [0.29, 0.717) is 0 Å². The molecule has 4 heteroatoms. The van der Waals surface area contributed by atoms with Crippen LogP contribution in [-0.2, 0) is 4.79 Å². The van der Waals surface area contributed by atoms with Crippen LogP contribution in [0, 0.1) is 0 Å². The molecule has 4 nitrogen and oxygen atoms in total. The van der Waals surface area contributed by atoms with Gasteiger partial charge in [0.25, 0.3) is 0 Å². The highest BCUT2D eigenvalue weighted by Crippen LogP contribution is 2.15. The van der Waals surface area contributed by atoms with Crippen molar-refractivity contribution in [1.29, 1.82) is 0 Å². The van der Waals surface area contributed by atoms with Gasteiger partial charge >= 0.3 is 5.97 Å². The summed E-state index contributed by atoms with van der Waals surface area (Å²) in [7, 11) is 0. The van der Waals surface area contributed by atoms with Crippen molar-refractivity contribution in [3.8, 4) is 0 Å². The van der Waals surface area contributed by atoms with E-state index in [4.69, 9.17) is 5.11 Å². The molecule has 0 radical (unpaired) electrons. The van der Waals surface area contributed by atoms with E-state index in [1.54, 1.807) is 18.6 Å². The average Bonchev–Trinajstić information content (AvgIpc) is 2.44. The molecule has 0 fully saturated rings. The van der Waals surface area contributed by atoms with E-state index in [-0.39, 0.29) is 0 Å². The highest BCUT2D eigenvalue weighted by atomic mass is 16.4. The number of hydrogen-bond donors (Lipinski definition) is 1. The van der Waals surface area contributed by atoms with E-state index < -0.39 is 5.97 Å². The third-order valence-electron chi connectivity index (χ3n) is 2.34. The summed E-state index contributed by atoms with van der Waals surface area (Å²) >= 11 is 0. The van der Waals surface area contributed by atoms with Gasteiger partial charge in [0.2, 0.25) is 0 Å². The fourth-order valence-corrected chi connectivity index (χ4v) is 1.48. The first kappa shape index (κ1) is 12.7. The second-order valence-electron chi connectivity index (χ2n) is 3.81. The summed E-state index contributed by atoms with van der Waals surface area (Å²) in [6.45, 7) is 0. The lowest BCUT2D eigenvalue weighted by Gasteiger charge is -1.96. The molecule has 2 aromatic rings. The van der Waals surface area contributed by atoms with Crippen LogP contribution in [0.1, 0.15) is 11.1 Å². The summed E-state index contributed by atoms with van der Waals surface area (Å²) in [5.41, 5.74) is 2.47. The van der Waals surface area contributed by atoms with Crippen LogP contribution in [0.5, 0.6) is 0 Å². The van der Waals surface area contributed by atoms with Crippen LogP contribution in [0.2, 0.25) is 0 Å². The van der Waals surface area contributed by atoms with Gasteiger partial charge in [0.15, 0.2) is 0 Å². The second kappa shape index (κ2) is 6.26. The number of hydrogen-bond acceptors (Lipinski definition) is 3. The van der Waals surface area contributed by atoms with E-state index in [2.05, 4.69) is 9.98 Å².